The van der Waals surface area contributed by atoms with Gasteiger partial charge in [0.05, 0.1) is 0 Å². The molecule has 0 saturated carbocycles. The Labute approximate surface area is 117 Å². The summed E-state index contributed by atoms with van der Waals surface area (Å²) in [6.07, 6.45) is 0.323. The van der Waals surface area contributed by atoms with Crippen LogP contribution in [0.2, 0.25) is 0 Å². The van der Waals surface area contributed by atoms with E-state index in [-0.39, 0.29) is 12.5 Å². The van der Waals surface area contributed by atoms with Crippen molar-refractivity contribution in [1.29, 1.82) is 0 Å². The van der Waals surface area contributed by atoms with E-state index in [2.05, 4.69) is 43.4 Å². The summed E-state index contributed by atoms with van der Waals surface area (Å²) in [5.74, 6) is -0.0910. The SMILES string of the molecule is CC(C)c1ccc(SCCC(=O)NCC(=O)O)cc1. The molecule has 0 aromatic heterocycles. The van der Waals surface area contributed by atoms with E-state index in [0.717, 1.165) is 4.90 Å². The fourth-order valence-electron chi connectivity index (χ4n) is 1.47. The molecule has 0 fully saturated rings. The Morgan fingerprint density at radius 1 is 1.26 bits per heavy atom. The van der Waals surface area contributed by atoms with Crippen molar-refractivity contribution in [3.8, 4) is 0 Å². The highest BCUT2D eigenvalue weighted by atomic mass is 32.2. The number of hydrogen-bond donors (Lipinski definition) is 2. The zero-order valence-electron chi connectivity index (χ0n) is 11.2. The van der Waals surface area contributed by atoms with Crippen LogP contribution in [-0.4, -0.2) is 29.3 Å². The predicted molar refractivity (Wildman–Crippen MR) is 76.5 cm³/mol. The van der Waals surface area contributed by atoms with Crippen molar-refractivity contribution >= 4 is 23.6 Å². The maximum atomic E-state index is 11.3. The molecule has 0 unspecified atom stereocenters. The van der Waals surface area contributed by atoms with Crippen LogP contribution in [0.15, 0.2) is 29.2 Å². The number of thioether (sulfide) groups is 1. The number of benzene rings is 1. The zero-order chi connectivity index (χ0) is 14.3. The van der Waals surface area contributed by atoms with Crippen molar-refractivity contribution in [2.24, 2.45) is 0 Å². The quantitative estimate of drug-likeness (QED) is 0.754. The van der Waals surface area contributed by atoms with E-state index >= 15 is 0 Å². The molecule has 0 saturated heterocycles. The Kier molecular flexibility index (Phi) is 6.42. The van der Waals surface area contributed by atoms with Gasteiger partial charge in [-0.2, -0.15) is 0 Å². The number of carboxylic acid groups (broad SMARTS) is 1. The Morgan fingerprint density at radius 2 is 1.89 bits per heavy atom. The van der Waals surface area contributed by atoms with Gasteiger partial charge in [-0.1, -0.05) is 26.0 Å². The van der Waals surface area contributed by atoms with Gasteiger partial charge in [0.2, 0.25) is 5.91 Å². The van der Waals surface area contributed by atoms with Crippen LogP contribution in [0.4, 0.5) is 0 Å². The number of carbonyl (C=O) groups excluding carboxylic acids is 1. The highest BCUT2D eigenvalue weighted by Gasteiger charge is 2.04. The molecule has 0 bridgehead atoms. The number of carbonyl (C=O) groups is 2. The molecular formula is C14H19NO3S. The summed E-state index contributed by atoms with van der Waals surface area (Å²) in [6, 6.07) is 8.29. The molecule has 2 N–H and O–H groups in total. The summed E-state index contributed by atoms with van der Waals surface area (Å²) in [4.78, 5) is 22.7. The molecule has 0 aliphatic carbocycles. The van der Waals surface area contributed by atoms with Gasteiger partial charge >= 0.3 is 5.97 Å². The van der Waals surface area contributed by atoms with Crippen molar-refractivity contribution in [3.63, 3.8) is 0 Å². The Morgan fingerprint density at radius 3 is 2.42 bits per heavy atom. The van der Waals surface area contributed by atoms with Gasteiger partial charge in [-0.15, -0.1) is 11.8 Å². The van der Waals surface area contributed by atoms with Crippen LogP contribution < -0.4 is 5.32 Å². The molecule has 0 radical (unpaired) electrons. The minimum absolute atomic E-state index is 0.228. The molecule has 0 heterocycles. The minimum Gasteiger partial charge on any atom is -0.480 e. The molecule has 1 aromatic carbocycles. The van der Waals surface area contributed by atoms with Gasteiger partial charge in [0, 0.05) is 17.1 Å². The van der Waals surface area contributed by atoms with Gasteiger partial charge in [-0.3, -0.25) is 9.59 Å². The van der Waals surface area contributed by atoms with Gasteiger partial charge in [0.15, 0.2) is 0 Å². The minimum atomic E-state index is -1.02. The van der Waals surface area contributed by atoms with Crippen LogP contribution in [-0.2, 0) is 9.59 Å². The van der Waals surface area contributed by atoms with Gasteiger partial charge in [0.25, 0.3) is 0 Å². The highest BCUT2D eigenvalue weighted by molar-refractivity contribution is 7.99. The molecule has 1 rings (SSSR count). The fraction of sp³-hybridized carbons (Fsp3) is 0.429. The summed E-state index contributed by atoms with van der Waals surface area (Å²) in [5.41, 5.74) is 1.29. The van der Waals surface area contributed by atoms with E-state index < -0.39 is 5.97 Å². The average molecular weight is 281 g/mol. The molecule has 0 spiro atoms. The van der Waals surface area contributed by atoms with Gasteiger partial charge < -0.3 is 10.4 Å². The lowest BCUT2D eigenvalue weighted by atomic mass is 10.0. The van der Waals surface area contributed by atoms with Crippen LogP contribution in [0, 0.1) is 0 Å². The van der Waals surface area contributed by atoms with Crippen molar-refractivity contribution in [2.75, 3.05) is 12.3 Å². The summed E-state index contributed by atoms with van der Waals surface area (Å²) >= 11 is 1.60. The third-order valence-corrected chi connectivity index (χ3v) is 3.60. The van der Waals surface area contributed by atoms with Gasteiger partial charge in [-0.25, -0.2) is 0 Å². The Balaban J connectivity index is 2.29. The smallest absolute Gasteiger partial charge is 0.322 e. The molecule has 1 aromatic rings. The number of hydrogen-bond acceptors (Lipinski definition) is 3. The van der Waals surface area contributed by atoms with Crippen LogP contribution in [0.25, 0.3) is 0 Å². The van der Waals surface area contributed by atoms with Crippen LogP contribution in [0.1, 0.15) is 31.7 Å². The second kappa shape index (κ2) is 7.84. The molecule has 4 nitrogen and oxygen atoms in total. The van der Waals surface area contributed by atoms with E-state index in [1.54, 1.807) is 11.8 Å². The highest BCUT2D eigenvalue weighted by Crippen LogP contribution is 2.22. The lowest BCUT2D eigenvalue weighted by molar-refractivity contribution is -0.137. The van der Waals surface area contributed by atoms with Crippen molar-refractivity contribution < 1.29 is 14.7 Å². The Bertz CT molecular complexity index is 429. The van der Waals surface area contributed by atoms with Crippen molar-refractivity contribution in [2.45, 2.75) is 31.1 Å². The predicted octanol–water partition coefficient (Wildman–Crippen LogP) is 2.49. The number of aliphatic carboxylic acids is 1. The maximum absolute atomic E-state index is 11.3. The van der Waals surface area contributed by atoms with Crippen molar-refractivity contribution in [1.82, 2.24) is 5.32 Å². The third kappa shape index (κ3) is 6.29. The monoisotopic (exact) mass is 281 g/mol. The summed E-state index contributed by atoms with van der Waals surface area (Å²) in [5, 5.41) is 10.8. The summed E-state index contributed by atoms with van der Waals surface area (Å²) in [6.45, 7) is 3.98. The lowest BCUT2D eigenvalue weighted by Crippen LogP contribution is -2.29. The van der Waals surface area contributed by atoms with Gasteiger partial charge in [-0.05, 0) is 23.6 Å². The van der Waals surface area contributed by atoms with Crippen LogP contribution in [0.3, 0.4) is 0 Å². The van der Waals surface area contributed by atoms with E-state index in [4.69, 9.17) is 5.11 Å². The molecule has 5 heteroatoms. The molecule has 19 heavy (non-hydrogen) atoms. The first-order chi connectivity index (χ1) is 8.99. The van der Waals surface area contributed by atoms with E-state index in [1.807, 2.05) is 0 Å². The van der Waals surface area contributed by atoms with E-state index in [9.17, 15) is 9.59 Å². The van der Waals surface area contributed by atoms with Gasteiger partial charge in [0.1, 0.15) is 6.54 Å². The number of rotatable bonds is 7. The first-order valence-corrected chi connectivity index (χ1v) is 7.19. The van der Waals surface area contributed by atoms with Crippen LogP contribution >= 0.6 is 11.8 Å². The largest absolute Gasteiger partial charge is 0.480 e. The third-order valence-electron chi connectivity index (χ3n) is 2.58. The van der Waals surface area contributed by atoms with Crippen molar-refractivity contribution in [3.05, 3.63) is 29.8 Å². The average Bonchev–Trinajstić information content (AvgIpc) is 2.37. The Hall–Kier alpha value is -1.49. The van der Waals surface area contributed by atoms with E-state index in [0.29, 0.717) is 18.1 Å². The second-order valence-electron chi connectivity index (χ2n) is 4.49. The number of carboxylic acids is 1. The molecular weight excluding hydrogens is 262 g/mol. The maximum Gasteiger partial charge on any atom is 0.322 e. The molecule has 104 valence electrons. The summed E-state index contributed by atoms with van der Waals surface area (Å²) < 4.78 is 0. The fourth-order valence-corrected chi connectivity index (χ4v) is 2.32. The second-order valence-corrected chi connectivity index (χ2v) is 5.66. The van der Waals surface area contributed by atoms with E-state index in [1.165, 1.54) is 5.56 Å². The molecule has 1 amide bonds. The first-order valence-electron chi connectivity index (χ1n) is 6.20. The summed E-state index contributed by atoms with van der Waals surface area (Å²) in [7, 11) is 0. The first kappa shape index (κ1) is 15.6. The normalized spacial score (nSPS) is 10.5. The number of nitrogens with one attached hydrogen (secondary N) is 1. The molecule has 0 aliphatic heterocycles. The van der Waals surface area contributed by atoms with Crippen LogP contribution in [0.5, 0.6) is 0 Å². The molecule has 0 atom stereocenters. The number of amides is 1. The lowest BCUT2D eigenvalue weighted by Gasteiger charge is -2.06. The topological polar surface area (TPSA) is 66.4 Å². The molecule has 0 aliphatic rings. The zero-order valence-corrected chi connectivity index (χ0v) is 12.0. The standard InChI is InChI=1S/C14H19NO3S/c1-10(2)11-3-5-12(6-4-11)19-8-7-13(16)15-9-14(17)18/h3-6,10H,7-9H2,1-2H3,(H,15,16)(H,17,18).